The molecule has 1 aliphatic rings. The van der Waals surface area contributed by atoms with E-state index in [2.05, 4.69) is 5.10 Å². The van der Waals surface area contributed by atoms with E-state index in [1.165, 1.54) is 6.07 Å². The van der Waals surface area contributed by atoms with Crippen molar-refractivity contribution in [3.63, 3.8) is 0 Å². The monoisotopic (exact) mass is 454 g/mol. The van der Waals surface area contributed by atoms with Crippen molar-refractivity contribution in [1.29, 1.82) is 5.26 Å². The number of aliphatic hydroxyl groups is 1. The zero-order chi connectivity index (χ0) is 22.3. The third-order valence-corrected chi connectivity index (χ3v) is 5.62. The second-order valence-electron chi connectivity index (χ2n) is 6.78. The second kappa shape index (κ2) is 7.87. The van der Waals surface area contributed by atoms with Gasteiger partial charge in [0.2, 0.25) is 5.76 Å². The minimum atomic E-state index is -0.966. The molecule has 0 aliphatic heterocycles. The van der Waals surface area contributed by atoms with Gasteiger partial charge in [-0.3, -0.25) is 14.9 Å². The first-order valence-corrected chi connectivity index (χ1v) is 9.73. The van der Waals surface area contributed by atoms with Gasteiger partial charge in [-0.1, -0.05) is 47.5 Å². The molecule has 0 saturated heterocycles. The molecule has 8 nitrogen and oxygen atoms in total. The van der Waals surface area contributed by atoms with E-state index in [1.54, 1.807) is 42.5 Å². The average molecular weight is 455 g/mol. The van der Waals surface area contributed by atoms with E-state index in [1.807, 2.05) is 6.07 Å². The molecule has 1 atom stereocenters. The zero-order valence-corrected chi connectivity index (χ0v) is 17.1. The van der Waals surface area contributed by atoms with Crippen LogP contribution in [0.5, 0.6) is 0 Å². The average Bonchev–Trinajstić information content (AvgIpc) is 2.73. The smallest absolute Gasteiger partial charge is 0.297 e. The molecule has 0 bridgehead atoms. The Kier molecular flexibility index (Phi) is 5.23. The first-order valence-electron chi connectivity index (χ1n) is 8.98. The van der Waals surface area contributed by atoms with Crippen molar-refractivity contribution in [1.82, 2.24) is 9.78 Å². The number of nitrogens with zero attached hydrogens (tertiary/aromatic N) is 4. The molecule has 3 aromatic rings. The third-order valence-electron chi connectivity index (χ3n) is 5.04. The maximum atomic E-state index is 13.0. The highest BCUT2D eigenvalue weighted by Crippen LogP contribution is 2.41. The van der Waals surface area contributed by atoms with Crippen LogP contribution < -0.4 is 5.56 Å². The topological polar surface area (TPSA) is 122 Å². The van der Waals surface area contributed by atoms with E-state index in [-0.39, 0.29) is 34.0 Å². The molecule has 0 amide bonds. The molecule has 10 heteroatoms. The van der Waals surface area contributed by atoms with Crippen molar-refractivity contribution >= 4 is 29.0 Å². The normalized spacial score (nSPS) is 15.3. The van der Waals surface area contributed by atoms with E-state index in [0.717, 1.165) is 4.68 Å². The molecule has 2 aromatic carbocycles. The Bertz CT molecular complexity index is 1370. The second-order valence-corrected chi connectivity index (χ2v) is 7.62. The number of benzene rings is 2. The molecule has 1 heterocycles. The van der Waals surface area contributed by atoms with E-state index in [9.17, 15) is 25.3 Å². The summed E-state index contributed by atoms with van der Waals surface area (Å²) in [4.78, 5) is 24.1. The molecule has 1 aliphatic carbocycles. The fourth-order valence-electron chi connectivity index (χ4n) is 3.66. The number of aliphatic hydroxyl groups excluding tert-OH is 1. The molecule has 0 spiro atoms. The summed E-state index contributed by atoms with van der Waals surface area (Å²) in [6.07, 6.45) is -0.0963. The fraction of sp³-hybridized carbons (Fsp3) is 0.0952. The third kappa shape index (κ3) is 3.44. The van der Waals surface area contributed by atoms with Crippen LogP contribution in [0.4, 0.5) is 0 Å². The Morgan fingerprint density at radius 2 is 1.97 bits per heavy atom. The molecule has 0 fully saturated rings. The lowest BCUT2D eigenvalue weighted by Gasteiger charge is -2.24. The van der Waals surface area contributed by atoms with Gasteiger partial charge >= 0.3 is 0 Å². The van der Waals surface area contributed by atoms with Crippen LogP contribution in [-0.4, -0.2) is 19.8 Å². The molecule has 31 heavy (non-hydrogen) atoms. The van der Waals surface area contributed by atoms with Gasteiger partial charge in [-0.25, -0.2) is 0 Å². The van der Waals surface area contributed by atoms with Gasteiger partial charge in [-0.05, 0) is 36.2 Å². The summed E-state index contributed by atoms with van der Waals surface area (Å²) in [5.41, 5.74) is -0.926. The molecule has 4 rings (SSSR count). The van der Waals surface area contributed by atoms with Crippen molar-refractivity contribution in [2.24, 2.45) is 0 Å². The maximum absolute atomic E-state index is 13.0. The predicted octanol–water partition coefficient (Wildman–Crippen LogP) is 4.25. The van der Waals surface area contributed by atoms with E-state index < -0.39 is 27.9 Å². The minimum Gasteiger partial charge on any atom is -0.501 e. The first-order chi connectivity index (χ1) is 14.8. The summed E-state index contributed by atoms with van der Waals surface area (Å²) in [6, 6.07) is 14.5. The number of hydrogen-bond donors (Lipinski definition) is 1. The van der Waals surface area contributed by atoms with Crippen LogP contribution in [0.2, 0.25) is 10.0 Å². The van der Waals surface area contributed by atoms with Gasteiger partial charge in [0, 0.05) is 15.6 Å². The van der Waals surface area contributed by atoms with Gasteiger partial charge < -0.3 is 5.11 Å². The number of nitriles is 1. The van der Waals surface area contributed by atoms with Crippen molar-refractivity contribution in [3.05, 3.63) is 107 Å². The van der Waals surface area contributed by atoms with E-state index in [4.69, 9.17) is 23.2 Å². The Morgan fingerprint density at radius 3 is 2.61 bits per heavy atom. The van der Waals surface area contributed by atoms with Crippen LogP contribution in [0.3, 0.4) is 0 Å². The summed E-state index contributed by atoms with van der Waals surface area (Å²) in [7, 11) is 0. The summed E-state index contributed by atoms with van der Waals surface area (Å²) < 4.78 is 0.896. The fourth-order valence-corrected chi connectivity index (χ4v) is 4.11. The number of halogens is 2. The van der Waals surface area contributed by atoms with Crippen LogP contribution >= 0.6 is 23.2 Å². The summed E-state index contributed by atoms with van der Waals surface area (Å²) in [5, 5.41) is 37.1. The van der Waals surface area contributed by atoms with Crippen LogP contribution in [0.15, 0.2) is 59.0 Å². The zero-order valence-electron chi connectivity index (χ0n) is 15.6. The largest absolute Gasteiger partial charge is 0.501 e. The standard InChI is InChI=1S/C21H12Cl2N4O4/c22-11-4-3-5-12(8-11)26-21(29)16(10-24)14-9-15(13-6-1-2-7-17(13)23)19(27(30)31)20(28)18(14)25-26/h1-8,15,28H,9H2. The molecule has 1 N–H and O–H groups in total. The Labute approximate surface area is 185 Å². The lowest BCUT2D eigenvalue weighted by molar-refractivity contribution is -0.430. The Hall–Kier alpha value is -3.67. The quantitative estimate of drug-likeness (QED) is 0.465. The Morgan fingerprint density at radius 1 is 1.23 bits per heavy atom. The number of hydrogen-bond acceptors (Lipinski definition) is 6. The van der Waals surface area contributed by atoms with Crippen molar-refractivity contribution in [2.45, 2.75) is 12.3 Å². The van der Waals surface area contributed by atoms with Gasteiger partial charge in [0.15, 0.2) is 0 Å². The van der Waals surface area contributed by atoms with Crippen molar-refractivity contribution in [2.75, 3.05) is 0 Å². The minimum absolute atomic E-state index is 0.0963. The van der Waals surface area contributed by atoms with Crippen LogP contribution in [-0.2, 0) is 6.42 Å². The summed E-state index contributed by atoms with van der Waals surface area (Å²) in [6.45, 7) is 0. The highest BCUT2D eigenvalue weighted by Gasteiger charge is 2.41. The molecule has 0 saturated carbocycles. The predicted molar refractivity (Wildman–Crippen MR) is 114 cm³/mol. The molecule has 1 unspecified atom stereocenters. The van der Waals surface area contributed by atoms with Crippen LogP contribution in [0.25, 0.3) is 11.4 Å². The van der Waals surface area contributed by atoms with Gasteiger partial charge in [0.05, 0.1) is 16.5 Å². The van der Waals surface area contributed by atoms with Gasteiger partial charge in [0.25, 0.3) is 11.3 Å². The highest BCUT2D eigenvalue weighted by atomic mass is 35.5. The van der Waals surface area contributed by atoms with Gasteiger partial charge in [-0.15, -0.1) is 0 Å². The molecule has 1 aromatic heterocycles. The van der Waals surface area contributed by atoms with E-state index >= 15 is 0 Å². The van der Waals surface area contributed by atoms with Gasteiger partial charge in [-0.2, -0.15) is 15.0 Å². The number of aromatic nitrogens is 2. The number of nitro groups is 1. The summed E-state index contributed by atoms with van der Waals surface area (Å²) in [5.74, 6) is -1.69. The number of allylic oxidation sites excluding steroid dienone is 1. The molecular weight excluding hydrogens is 443 g/mol. The SMILES string of the molecule is N#Cc1c2c(nn(-c3cccc(Cl)c3)c1=O)C(O)=C([N+](=O)[O-])C(c1ccccc1Cl)C2. The maximum Gasteiger partial charge on any atom is 0.297 e. The van der Waals surface area contributed by atoms with Crippen LogP contribution in [0, 0.1) is 21.4 Å². The lowest BCUT2D eigenvalue weighted by Crippen LogP contribution is -2.31. The molecular formula is C21H12Cl2N4O4. The van der Waals surface area contributed by atoms with Crippen LogP contribution in [0.1, 0.15) is 28.3 Å². The lowest BCUT2D eigenvalue weighted by atomic mass is 9.82. The first kappa shape index (κ1) is 20.6. The Balaban J connectivity index is 2.03. The number of rotatable bonds is 3. The van der Waals surface area contributed by atoms with E-state index in [0.29, 0.717) is 10.6 Å². The number of fused-ring (bicyclic) bond motifs is 1. The van der Waals surface area contributed by atoms with Crippen molar-refractivity contribution < 1.29 is 10.0 Å². The van der Waals surface area contributed by atoms with Gasteiger partial charge in [0.1, 0.15) is 17.3 Å². The van der Waals surface area contributed by atoms with Crippen molar-refractivity contribution in [3.8, 4) is 11.8 Å². The molecule has 154 valence electrons. The highest BCUT2D eigenvalue weighted by molar-refractivity contribution is 6.31. The molecule has 0 radical (unpaired) electrons. The summed E-state index contributed by atoms with van der Waals surface area (Å²) >= 11 is 12.2.